The van der Waals surface area contributed by atoms with Crippen molar-refractivity contribution in [2.75, 3.05) is 0 Å². The molecule has 0 spiro atoms. The standard InChI is InChI=1S/C30H34N8O2/c1-30(2,3)17-24-31-25-26(28(39)34-35-29(25)40-21-9-5-4-6-10-21)38(24)18-19-13-15-20(16-14-19)22-11-7-8-12-23(22)27-32-36-37-33-27/h7-8,11-16,21H,4-6,9-10,17-18H2,1-3H3,(H,34,39)(H,32,33,36,37). The zero-order valence-electron chi connectivity index (χ0n) is 23.1. The number of aromatic nitrogens is 8. The third kappa shape index (κ3) is 5.38. The Morgan fingerprint density at radius 1 is 0.950 bits per heavy atom. The molecule has 3 heterocycles. The predicted octanol–water partition coefficient (Wildman–Crippen LogP) is 5.73. The lowest BCUT2D eigenvalue weighted by molar-refractivity contribution is 0.149. The number of hydrogen-bond acceptors (Lipinski definition) is 8. The van der Waals surface area contributed by atoms with Crippen LogP contribution in [0.25, 0.3) is 33.5 Å². The first-order valence-electron chi connectivity index (χ1n) is 13.9. The summed E-state index contributed by atoms with van der Waals surface area (Å²) in [4.78, 5) is 4.98. The molecule has 10 heteroatoms. The third-order valence-corrected chi connectivity index (χ3v) is 7.35. The quantitative estimate of drug-likeness (QED) is 0.269. The molecule has 2 N–H and O–H groups in total. The molecule has 3 aromatic heterocycles. The fourth-order valence-corrected chi connectivity index (χ4v) is 5.45. The van der Waals surface area contributed by atoms with Gasteiger partial charge in [0, 0.05) is 18.5 Å². The largest absolute Gasteiger partial charge is 0.491 e. The molecule has 0 atom stereocenters. The van der Waals surface area contributed by atoms with Gasteiger partial charge >= 0.3 is 0 Å². The van der Waals surface area contributed by atoms with Crippen LogP contribution in [0.15, 0.2) is 48.5 Å². The molecular formula is C30H34N8O2. The number of imidazole rings is 1. The summed E-state index contributed by atoms with van der Waals surface area (Å²) in [6.45, 7) is 7.08. The average molecular weight is 539 g/mol. The van der Waals surface area contributed by atoms with Crippen molar-refractivity contribution in [1.29, 1.82) is 0 Å². The molecule has 0 aliphatic heterocycles. The minimum Gasteiger partial charge on any atom is -0.491 e. The Labute approximate surface area is 232 Å². The van der Waals surface area contributed by atoms with Crippen LogP contribution in [0.1, 0.15) is 64.3 Å². The molecule has 0 amide bonds. The van der Waals surface area contributed by atoms with E-state index in [-0.39, 0.29) is 17.4 Å². The number of hydrogen-bond donors (Lipinski definition) is 2. The fourth-order valence-electron chi connectivity index (χ4n) is 5.45. The number of H-pyrrole nitrogens is 1. The summed E-state index contributed by atoms with van der Waals surface area (Å²) in [5, 5.41) is 33.6. The second kappa shape index (κ2) is 10.7. The highest BCUT2D eigenvalue weighted by atomic mass is 16.5. The van der Waals surface area contributed by atoms with E-state index >= 15 is 0 Å². The van der Waals surface area contributed by atoms with Crippen LogP contribution in [0, 0.1) is 5.41 Å². The van der Waals surface area contributed by atoms with Gasteiger partial charge < -0.3 is 14.4 Å². The lowest BCUT2D eigenvalue weighted by Crippen LogP contribution is -2.20. The van der Waals surface area contributed by atoms with Crippen molar-refractivity contribution in [2.24, 2.45) is 5.41 Å². The molecule has 1 saturated carbocycles. The van der Waals surface area contributed by atoms with E-state index in [1.54, 1.807) is 0 Å². The summed E-state index contributed by atoms with van der Waals surface area (Å²) in [6.07, 6.45) is 6.38. The maximum Gasteiger partial charge on any atom is 0.262 e. The van der Waals surface area contributed by atoms with Crippen molar-refractivity contribution in [3.8, 4) is 34.3 Å². The smallest absolute Gasteiger partial charge is 0.262 e. The summed E-state index contributed by atoms with van der Waals surface area (Å²) in [5.74, 6) is 1.76. The molecule has 10 nitrogen and oxygen atoms in total. The predicted molar refractivity (Wildman–Crippen MR) is 152 cm³/mol. The number of aromatic amines is 1. The molecule has 1 aliphatic rings. The van der Waals surface area contributed by atoms with Crippen LogP contribution in [-0.2, 0) is 13.0 Å². The van der Waals surface area contributed by atoms with Crippen molar-refractivity contribution >= 4 is 11.0 Å². The monoisotopic (exact) mass is 538 g/mol. The van der Waals surface area contributed by atoms with Crippen LogP contribution in [0.2, 0.25) is 0 Å². The van der Waals surface area contributed by atoms with Crippen LogP contribution in [0.5, 0.6) is 11.8 Å². The van der Waals surface area contributed by atoms with Gasteiger partial charge in [-0.15, -0.1) is 15.3 Å². The van der Waals surface area contributed by atoms with E-state index < -0.39 is 0 Å². The number of nitrogens with one attached hydrogen (secondary N) is 1. The summed E-state index contributed by atoms with van der Waals surface area (Å²) in [5.41, 5.74) is 5.22. The third-order valence-electron chi connectivity index (χ3n) is 7.35. The molecule has 206 valence electrons. The number of rotatable bonds is 7. The van der Waals surface area contributed by atoms with Crippen molar-refractivity contribution in [3.63, 3.8) is 0 Å². The Morgan fingerprint density at radius 3 is 2.40 bits per heavy atom. The van der Waals surface area contributed by atoms with Crippen LogP contribution >= 0.6 is 0 Å². The lowest BCUT2D eigenvalue weighted by atomic mass is 9.92. The number of fused-ring (bicyclic) bond motifs is 1. The van der Waals surface area contributed by atoms with Gasteiger partial charge in [-0.05, 0) is 58.2 Å². The first kappa shape index (κ1) is 25.9. The second-order valence-corrected chi connectivity index (χ2v) is 11.7. The van der Waals surface area contributed by atoms with Crippen molar-refractivity contribution in [3.05, 3.63) is 59.9 Å². The molecular weight excluding hydrogens is 504 g/mol. The zero-order valence-corrected chi connectivity index (χ0v) is 23.1. The highest BCUT2D eigenvalue weighted by Gasteiger charge is 2.26. The fraction of sp³-hybridized carbons (Fsp3) is 0.400. The molecule has 5 aromatic rings. The van der Waals surface area contributed by atoms with E-state index in [1.807, 2.05) is 18.2 Å². The van der Waals surface area contributed by atoms with Gasteiger partial charge in [-0.3, -0.25) is 0 Å². The minimum absolute atomic E-state index is 0.0108. The number of ether oxygens (including phenoxy) is 1. The van der Waals surface area contributed by atoms with Crippen LogP contribution < -0.4 is 4.74 Å². The van der Waals surface area contributed by atoms with E-state index in [0.717, 1.165) is 60.2 Å². The average Bonchev–Trinajstić information content (AvgIpc) is 3.60. The second-order valence-electron chi connectivity index (χ2n) is 11.7. The molecule has 0 unspecified atom stereocenters. The van der Waals surface area contributed by atoms with Gasteiger partial charge in [0.05, 0.1) is 0 Å². The summed E-state index contributed by atoms with van der Waals surface area (Å²) in [6, 6.07) is 16.4. The highest BCUT2D eigenvalue weighted by Crippen LogP contribution is 2.35. The van der Waals surface area contributed by atoms with Gasteiger partial charge in [-0.1, -0.05) is 75.7 Å². The minimum atomic E-state index is -0.134. The highest BCUT2D eigenvalue weighted by molar-refractivity contribution is 5.85. The first-order chi connectivity index (χ1) is 19.4. The van der Waals surface area contributed by atoms with Crippen LogP contribution in [0.3, 0.4) is 0 Å². The number of tetrazole rings is 1. The van der Waals surface area contributed by atoms with Gasteiger partial charge in [0.15, 0.2) is 11.3 Å². The molecule has 1 fully saturated rings. The number of benzene rings is 2. The molecule has 1 aliphatic carbocycles. The van der Waals surface area contributed by atoms with E-state index in [1.165, 1.54) is 6.42 Å². The normalized spacial score (nSPS) is 14.6. The SMILES string of the molecule is CC(C)(C)Cc1nc2c(OC3CCCCC3)nnc(O)c2n1Cc1ccc(-c2ccccc2-c2nnn[nH]2)cc1. The van der Waals surface area contributed by atoms with E-state index in [9.17, 15) is 5.11 Å². The Hall–Kier alpha value is -4.34. The molecule has 0 bridgehead atoms. The molecule has 6 rings (SSSR count). The van der Waals surface area contributed by atoms with E-state index in [4.69, 9.17) is 9.72 Å². The molecule has 0 radical (unpaired) electrons. The Balaban J connectivity index is 1.36. The maximum absolute atomic E-state index is 10.9. The van der Waals surface area contributed by atoms with Gasteiger partial charge in [0.2, 0.25) is 0 Å². The Morgan fingerprint density at radius 2 is 1.70 bits per heavy atom. The number of aromatic hydroxyl groups is 1. The van der Waals surface area contributed by atoms with Crippen LogP contribution in [0.4, 0.5) is 0 Å². The van der Waals surface area contributed by atoms with Gasteiger partial charge in [0.1, 0.15) is 17.4 Å². The van der Waals surface area contributed by atoms with Crippen molar-refractivity contribution < 1.29 is 9.84 Å². The van der Waals surface area contributed by atoms with Crippen molar-refractivity contribution in [1.82, 2.24) is 40.4 Å². The van der Waals surface area contributed by atoms with Crippen LogP contribution in [-0.4, -0.2) is 51.6 Å². The van der Waals surface area contributed by atoms with Crippen molar-refractivity contribution in [2.45, 2.75) is 71.9 Å². The topological polar surface area (TPSA) is 128 Å². The van der Waals surface area contributed by atoms with E-state index in [0.29, 0.717) is 29.3 Å². The summed E-state index contributed by atoms with van der Waals surface area (Å²) < 4.78 is 8.36. The van der Waals surface area contributed by atoms with E-state index in [2.05, 4.69) is 86.5 Å². The first-order valence-corrected chi connectivity index (χ1v) is 13.9. The molecule has 40 heavy (non-hydrogen) atoms. The maximum atomic E-state index is 10.9. The summed E-state index contributed by atoms with van der Waals surface area (Å²) in [7, 11) is 0. The molecule has 0 saturated heterocycles. The Bertz CT molecular complexity index is 1600. The number of nitrogens with zero attached hydrogens (tertiary/aromatic N) is 7. The molecule has 2 aromatic carbocycles. The Kier molecular flexibility index (Phi) is 6.91. The zero-order chi connectivity index (χ0) is 27.7. The lowest BCUT2D eigenvalue weighted by Gasteiger charge is -2.22. The van der Waals surface area contributed by atoms with Gasteiger partial charge in [-0.25, -0.2) is 10.1 Å². The van der Waals surface area contributed by atoms with Gasteiger partial charge in [-0.2, -0.15) is 0 Å². The van der Waals surface area contributed by atoms with Gasteiger partial charge in [0.25, 0.3) is 11.8 Å². The summed E-state index contributed by atoms with van der Waals surface area (Å²) >= 11 is 0.